The van der Waals surface area contributed by atoms with Crippen molar-refractivity contribution in [1.29, 1.82) is 0 Å². The molecule has 0 radical (unpaired) electrons. The zero-order valence-corrected chi connectivity index (χ0v) is 16.3. The van der Waals surface area contributed by atoms with Gasteiger partial charge in [0, 0.05) is 6.54 Å². The first-order chi connectivity index (χ1) is 14.1. The van der Waals surface area contributed by atoms with Gasteiger partial charge in [-0.25, -0.2) is 4.39 Å². The number of aromatic nitrogens is 2. The molecule has 4 rings (SSSR count). The standard InChI is InChI=1S/C22H22FN3O3/c1-28-19-10-6-13(11-16(19)23)5-8-17-20-18(26-25-17)9-7-15(21(20)29-2)22(27)24-12-14-3-4-14/h5-11,14H,3-4,12H2,1-2H3,(H,24,27)(H,25,26)/b8-5+. The van der Waals surface area contributed by atoms with Crippen LogP contribution in [0.3, 0.4) is 0 Å². The van der Waals surface area contributed by atoms with Crippen LogP contribution in [-0.2, 0) is 0 Å². The molecule has 3 aromatic rings. The Morgan fingerprint density at radius 3 is 2.76 bits per heavy atom. The highest BCUT2D eigenvalue weighted by molar-refractivity contribution is 6.05. The minimum absolute atomic E-state index is 0.163. The maximum absolute atomic E-state index is 13.9. The Kier molecular flexibility index (Phi) is 5.20. The summed E-state index contributed by atoms with van der Waals surface area (Å²) in [6.45, 7) is 0.682. The number of aromatic amines is 1. The Hall–Kier alpha value is -3.35. The number of benzene rings is 2. The molecule has 1 aromatic heterocycles. The maximum atomic E-state index is 13.9. The predicted molar refractivity (Wildman–Crippen MR) is 110 cm³/mol. The van der Waals surface area contributed by atoms with Gasteiger partial charge in [-0.1, -0.05) is 12.1 Å². The molecule has 0 atom stereocenters. The number of hydrogen-bond acceptors (Lipinski definition) is 4. The third kappa shape index (κ3) is 3.94. The third-order valence-electron chi connectivity index (χ3n) is 5.02. The molecule has 1 aliphatic rings. The van der Waals surface area contributed by atoms with Crippen LogP contribution in [-0.4, -0.2) is 36.9 Å². The topological polar surface area (TPSA) is 76.2 Å². The predicted octanol–water partition coefficient (Wildman–Crippen LogP) is 4.03. The lowest BCUT2D eigenvalue weighted by molar-refractivity contribution is 0.0949. The minimum Gasteiger partial charge on any atom is -0.495 e. The molecule has 1 heterocycles. The van der Waals surface area contributed by atoms with Crippen molar-refractivity contribution in [2.75, 3.05) is 20.8 Å². The van der Waals surface area contributed by atoms with E-state index < -0.39 is 5.82 Å². The summed E-state index contributed by atoms with van der Waals surface area (Å²) in [7, 11) is 2.96. The molecule has 0 unspecified atom stereocenters. The smallest absolute Gasteiger partial charge is 0.255 e. The second kappa shape index (κ2) is 7.95. The number of carbonyl (C=O) groups is 1. The first kappa shape index (κ1) is 19.0. The van der Waals surface area contributed by atoms with Gasteiger partial charge in [-0.15, -0.1) is 0 Å². The average molecular weight is 395 g/mol. The number of amides is 1. The molecule has 1 fully saturated rings. The summed E-state index contributed by atoms with van der Waals surface area (Å²) in [6, 6.07) is 8.25. The van der Waals surface area contributed by atoms with Crippen LogP contribution in [0.4, 0.5) is 4.39 Å². The monoisotopic (exact) mass is 395 g/mol. The number of carbonyl (C=O) groups excluding carboxylic acids is 1. The Bertz CT molecular complexity index is 1090. The number of H-pyrrole nitrogens is 1. The van der Waals surface area contributed by atoms with Crippen LogP contribution in [0.5, 0.6) is 11.5 Å². The molecule has 2 N–H and O–H groups in total. The number of fused-ring (bicyclic) bond motifs is 1. The minimum atomic E-state index is -0.436. The van der Waals surface area contributed by atoms with Gasteiger partial charge in [0.15, 0.2) is 11.6 Å². The quantitative estimate of drug-likeness (QED) is 0.633. The van der Waals surface area contributed by atoms with E-state index in [4.69, 9.17) is 9.47 Å². The maximum Gasteiger partial charge on any atom is 0.255 e. The van der Waals surface area contributed by atoms with E-state index in [9.17, 15) is 9.18 Å². The molecule has 6 nitrogen and oxygen atoms in total. The van der Waals surface area contributed by atoms with Crippen molar-refractivity contribution >= 4 is 29.0 Å². The van der Waals surface area contributed by atoms with Gasteiger partial charge in [-0.05, 0) is 54.7 Å². The second-order valence-corrected chi connectivity index (χ2v) is 7.06. The summed E-state index contributed by atoms with van der Waals surface area (Å²) >= 11 is 0. The Labute approximate surface area is 167 Å². The molecule has 7 heteroatoms. The fourth-order valence-corrected chi connectivity index (χ4v) is 3.23. The third-order valence-corrected chi connectivity index (χ3v) is 5.02. The van der Waals surface area contributed by atoms with Crippen LogP contribution < -0.4 is 14.8 Å². The van der Waals surface area contributed by atoms with Crippen molar-refractivity contribution in [2.24, 2.45) is 5.92 Å². The summed E-state index contributed by atoms with van der Waals surface area (Å²) in [5, 5.41) is 10.9. The molecule has 1 amide bonds. The SMILES string of the molecule is COc1ccc(/C=C/c2n[nH]c3ccc(C(=O)NCC4CC4)c(OC)c23)cc1F. The average Bonchev–Trinajstić information content (AvgIpc) is 3.48. The normalized spacial score (nSPS) is 13.8. The highest BCUT2D eigenvalue weighted by Gasteiger charge is 2.24. The number of methoxy groups -OCH3 is 2. The first-order valence-corrected chi connectivity index (χ1v) is 9.45. The van der Waals surface area contributed by atoms with E-state index in [0.717, 1.165) is 5.52 Å². The Morgan fingerprint density at radius 1 is 1.24 bits per heavy atom. The van der Waals surface area contributed by atoms with Crippen LogP contribution in [0.25, 0.3) is 23.1 Å². The molecule has 1 saturated carbocycles. The van der Waals surface area contributed by atoms with Crippen LogP contribution in [0.2, 0.25) is 0 Å². The van der Waals surface area contributed by atoms with Crippen LogP contribution in [0.15, 0.2) is 30.3 Å². The summed E-state index contributed by atoms with van der Waals surface area (Å²) < 4.78 is 24.4. The van der Waals surface area contributed by atoms with Crippen molar-refractivity contribution in [3.8, 4) is 11.5 Å². The van der Waals surface area contributed by atoms with E-state index in [0.29, 0.717) is 40.4 Å². The molecular formula is C22H22FN3O3. The van der Waals surface area contributed by atoms with Crippen molar-refractivity contribution in [3.63, 3.8) is 0 Å². The lowest BCUT2D eigenvalue weighted by atomic mass is 10.1. The van der Waals surface area contributed by atoms with Crippen LogP contribution in [0.1, 0.15) is 34.5 Å². The summed E-state index contributed by atoms with van der Waals surface area (Å²) in [4.78, 5) is 12.6. The molecule has 29 heavy (non-hydrogen) atoms. The van der Waals surface area contributed by atoms with Gasteiger partial charge >= 0.3 is 0 Å². The number of hydrogen-bond donors (Lipinski definition) is 2. The van der Waals surface area contributed by atoms with Crippen molar-refractivity contribution in [3.05, 3.63) is 53.0 Å². The van der Waals surface area contributed by atoms with Crippen LogP contribution in [0, 0.1) is 11.7 Å². The summed E-state index contributed by atoms with van der Waals surface area (Å²) in [5.74, 6) is 0.643. The Balaban J connectivity index is 1.66. The van der Waals surface area contributed by atoms with Crippen LogP contribution >= 0.6 is 0 Å². The fraction of sp³-hybridized carbons (Fsp3) is 0.273. The van der Waals surface area contributed by atoms with Gasteiger partial charge in [0.25, 0.3) is 5.91 Å². The number of rotatable bonds is 7. The summed E-state index contributed by atoms with van der Waals surface area (Å²) in [5.41, 5.74) is 2.48. The second-order valence-electron chi connectivity index (χ2n) is 7.06. The van der Waals surface area contributed by atoms with E-state index in [1.165, 1.54) is 33.1 Å². The molecule has 0 aliphatic heterocycles. The van der Waals surface area contributed by atoms with Crippen molar-refractivity contribution in [1.82, 2.24) is 15.5 Å². The number of halogens is 1. The van der Waals surface area contributed by atoms with Crippen molar-refractivity contribution in [2.45, 2.75) is 12.8 Å². The number of nitrogens with zero attached hydrogens (tertiary/aromatic N) is 1. The van der Waals surface area contributed by atoms with Crippen molar-refractivity contribution < 1.29 is 18.7 Å². The fourth-order valence-electron chi connectivity index (χ4n) is 3.23. The van der Waals surface area contributed by atoms with E-state index >= 15 is 0 Å². The molecular weight excluding hydrogens is 373 g/mol. The molecule has 1 aliphatic carbocycles. The molecule has 0 saturated heterocycles. The van der Waals surface area contributed by atoms with E-state index in [1.54, 1.807) is 36.4 Å². The van der Waals surface area contributed by atoms with Gasteiger partial charge in [0.2, 0.25) is 0 Å². The number of ether oxygens (including phenoxy) is 2. The van der Waals surface area contributed by atoms with Gasteiger partial charge in [-0.2, -0.15) is 5.10 Å². The zero-order valence-electron chi connectivity index (χ0n) is 16.3. The Morgan fingerprint density at radius 2 is 2.07 bits per heavy atom. The van der Waals surface area contributed by atoms with Gasteiger partial charge in [0.05, 0.1) is 36.4 Å². The number of nitrogens with one attached hydrogen (secondary N) is 2. The molecule has 0 spiro atoms. The summed E-state index contributed by atoms with van der Waals surface area (Å²) in [6.07, 6.45) is 5.84. The van der Waals surface area contributed by atoms with E-state index in [2.05, 4.69) is 15.5 Å². The van der Waals surface area contributed by atoms with E-state index in [-0.39, 0.29) is 11.7 Å². The first-order valence-electron chi connectivity index (χ1n) is 9.45. The van der Waals surface area contributed by atoms with E-state index in [1.807, 2.05) is 0 Å². The highest BCUT2D eigenvalue weighted by atomic mass is 19.1. The zero-order chi connectivity index (χ0) is 20.4. The highest BCUT2D eigenvalue weighted by Crippen LogP contribution is 2.33. The molecule has 2 aromatic carbocycles. The van der Waals surface area contributed by atoms with Gasteiger partial charge in [0.1, 0.15) is 5.75 Å². The lowest BCUT2D eigenvalue weighted by Gasteiger charge is -2.10. The largest absolute Gasteiger partial charge is 0.495 e. The lowest BCUT2D eigenvalue weighted by Crippen LogP contribution is -2.26. The molecule has 0 bridgehead atoms. The van der Waals surface area contributed by atoms with Gasteiger partial charge < -0.3 is 14.8 Å². The van der Waals surface area contributed by atoms with Gasteiger partial charge in [-0.3, -0.25) is 9.89 Å². The molecule has 150 valence electrons.